The van der Waals surface area contributed by atoms with Crippen molar-refractivity contribution in [1.82, 2.24) is 23.7 Å². The zero-order valence-corrected chi connectivity index (χ0v) is 31.6. The Bertz CT molecular complexity index is 2540. The molecule has 0 spiro atoms. The predicted molar refractivity (Wildman–Crippen MR) is 206 cm³/mol. The monoisotopic (exact) mass is 763 g/mol. The lowest BCUT2D eigenvalue weighted by Gasteiger charge is -2.36. The molecule has 0 N–H and O–H groups in total. The van der Waals surface area contributed by atoms with Gasteiger partial charge in [-0.25, -0.2) is 22.2 Å². The molecule has 0 bridgehead atoms. The molecule has 54 heavy (non-hydrogen) atoms. The van der Waals surface area contributed by atoms with Crippen molar-refractivity contribution in [2.24, 2.45) is 0 Å². The molecule has 0 aliphatic carbocycles. The fraction of sp³-hybridized carbons (Fsp3) is 0.268. The van der Waals surface area contributed by atoms with E-state index in [4.69, 9.17) is 21.1 Å². The average Bonchev–Trinajstić information content (AvgIpc) is 3.76. The van der Waals surface area contributed by atoms with Crippen molar-refractivity contribution in [1.29, 1.82) is 0 Å². The first-order valence-electron chi connectivity index (χ1n) is 17.8. The van der Waals surface area contributed by atoms with Crippen LogP contribution in [-0.2, 0) is 32.4 Å². The van der Waals surface area contributed by atoms with E-state index >= 15 is 0 Å². The summed E-state index contributed by atoms with van der Waals surface area (Å²) < 4.78 is 42.0. The summed E-state index contributed by atoms with van der Waals surface area (Å²) in [6.07, 6.45) is 2.70. The van der Waals surface area contributed by atoms with Crippen LogP contribution in [0.3, 0.4) is 0 Å². The number of halogens is 1. The number of pyridine rings is 2. The van der Waals surface area contributed by atoms with Gasteiger partial charge in [0.25, 0.3) is 15.9 Å². The van der Waals surface area contributed by atoms with Crippen LogP contribution in [0.5, 0.6) is 5.75 Å². The molecule has 0 radical (unpaired) electrons. The van der Waals surface area contributed by atoms with Crippen molar-refractivity contribution in [3.8, 4) is 16.9 Å². The van der Waals surface area contributed by atoms with Gasteiger partial charge in [-0.3, -0.25) is 9.78 Å². The largest absolute Gasteiger partial charge is 0.479 e. The van der Waals surface area contributed by atoms with E-state index in [0.717, 1.165) is 16.3 Å². The number of hydrogen-bond donors (Lipinski definition) is 0. The minimum absolute atomic E-state index is 0.127. The molecule has 8 rings (SSSR count). The molecule has 1 atom stereocenters. The molecule has 3 aromatic carbocycles. The summed E-state index contributed by atoms with van der Waals surface area (Å²) in [6.45, 7) is 6.88. The Morgan fingerprint density at radius 1 is 0.870 bits per heavy atom. The fourth-order valence-corrected chi connectivity index (χ4v) is 8.92. The summed E-state index contributed by atoms with van der Waals surface area (Å²) >= 11 is 6.72. The van der Waals surface area contributed by atoms with Crippen LogP contribution in [0.1, 0.15) is 37.7 Å². The molecule has 2 aliphatic rings. The summed E-state index contributed by atoms with van der Waals surface area (Å²) in [5.41, 5.74) is 2.87. The van der Waals surface area contributed by atoms with Gasteiger partial charge in [0.15, 0.2) is 11.8 Å². The Hall–Kier alpha value is -5.46. The summed E-state index contributed by atoms with van der Waals surface area (Å²) in [7, 11) is -4.10. The molecule has 3 aromatic heterocycles. The molecule has 1 fully saturated rings. The molecular formula is C41H38ClN5O6S. The zero-order valence-electron chi connectivity index (χ0n) is 30.0. The summed E-state index contributed by atoms with van der Waals surface area (Å²) in [4.78, 5) is 39.2. The molecule has 5 heterocycles. The van der Waals surface area contributed by atoms with Gasteiger partial charge in [-0.1, -0.05) is 54.1 Å². The fourth-order valence-electron chi connectivity index (χ4n) is 7.16. The molecule has 1 unspecified atom stereocenters. The number of aromatic nitrogens is 3. The van der Waals surface area contributed by atoms with Crippen LogP contribution in [0.4, 0.5) is 4.79 Å². The highest BCUT2D eigenvalue weighted by Crippen LogP contribution is 2.44. The molecule has 2 amide bonds. The number of nitrogens with zero attached hydrogens (tertiary/aromatic N) is 5. The van der Waals surface area contributed by atoms with Crippen molar-refractivity contribution in [3.05, 3.63) is 119 Å². The SMILES string of the molecule is CC(C)(C)OC(=O)N1CCN(C(=O)C2Cc3cc(Cl)cc(-c4ccnc5c4cc(Cc4cc6ccccc6cn4)n5S(=O)(=O)c4ccccc4)c3O2)CC1. The van der Waals surface area contributed by atoms with Crippen LogP contribution in [-0.4, -0.2) is 82.0 Å². The van der Waals surface area contributed by atoms with E-state index in [2.05, 4.69) is 9.97 Å². The lowest BCUT2D eigenvalue weighted by atomic mass is 9.99. The summed E-state index contributed by atoms with van der Waals surface area (Å²) in [6, 6.07) is 25.3. The number of carbonyl (C=O) groups is 2. The third kappa shape index (κ3) is 6.75. The van der Waals surface area contributed by atoms with Gasteiger partial charge >= 0.3 is 6.09 Å². The number of benzene rings is 3. The first-order chi connectivity index (χ1) is 25.9. The highest BCUT2D eigenvalue weighted by Gasteiger charge is 2.37. The lowest BCUT2D eigenvalue weighted by molar-refractivity contribution is -0.139. The minimum atomic E-state index is -4.10. The molecule has 11 nitrogen and oxygen atoms in total. The van der Waals surface area contributed by atoms with E-state index < -0.39 is 27.8 Å². The number of piperazine rings is 1. The average molecular weight is 764 g/mol. The van der Waals surface area contributed by atoms with Crippen molar-refractivity contribution in [3.63, 3.8) is 0 Å². The van der Waals surface area contributed by atoms with Crippen LogP contribution in [0.25, 0.3) is 32.9 Å². The maximum Gasteiger partial charge on any atom is 0.410 e. The number of ether oxygens (including phenoxy) is 2. The molecule has 2 aliphatic heterocycles. The van der Waals surface area contributed by atoms with Gasteiger partial charge in [0.1, 0.15) is 11.4 Å². The normalized spacial score (nSPS) is 16.0. The second-order valence-corrected chi connectivity index (χ2v) is 16.8. The zero-order chi connectivity index (χ0) is 37.8. The number of amides is 2. The first-order valence-corrected chi connectivity index (χ1v) is 19.6. The smallest absolute Gasteiger partial charge is 0.410 e. The molecule has 6 aromatic rings. The van der Waals surface area contributed by atoms with Crippen molar-refractivity contribution < 1.29 is 27.5 Å². The molecule has 1 saturated heterocycles. The van der Waals surface area contributed by atoms with Crippen molar-refractivity contribution in [2.45, 2.75) is 50.2 Å². The van der Waals surface area contributed by atoms with Crippen molar-refractivity contribution >= 4 is 55.4 Å². The summed E-state index contributed by atoms with van der Waals surface area (Å²) in [5.74, 6) is 0.330. The van der Waals surface area contributed by atoms with E-state index in [1.165, 1.54) is 3.97 Å². The van der Waals surface area contributed by atoms with Gasteiger partial charge in [0.2, 0.25) is 0 Å². The van der Waals surface area contributed by atoms with Crippen LogP contribution < -0.4 is 4.74 Å². The Morgan fingerprint density at radius 3 is 2.31 bits per heavy atom. The van der Waals surface area contributed by atoms with E-state index in [-0.39, 0.29) is 22.9 Å². The number of carbonyl (C=O) groups excluding carboxylic acids is 2. The van der Waals surface area contributed by atoms with Gasteiger partial charge in [-0.05, 0) is 74.2 Å². The lowest BCUT2D eigenvalue weighted by Crippen LogP contribution is -2.54. The van der Waals surface area contributed by atoms with Crippen molar-refractivity contribution in [2.75, 3.05) is 26.2 Å². The van der Waals surface area contributed by atoms with Crippen LogP contribution in [0.15, 0.2) is 102 Å². The van der Waals surface area contributed by atoms with Gasteiger partial charge in [0, 0.05) is 89.7 Å². The minimum Gasteiger partial charge on any atom is -0.479 e. The van der Waals surface area contributed by atoms with E-state index in [1.54, 1.807) is 70.7 Å². The Kier molecular flexibility index (Phi) is 9.06. The quantitative estimate of drug-likeness (QED) is 0.176. The predicted octanol–water partition coefficient (Wildman–Crippen LogP) is 7.12. The van der Waals surface area contributed by atoms with Crippen LogP contribution in [0, 0.1) is 0 Å². The Labute approximate surface area is 318 Å². The molecule has 13 heteroatoms. The summed E-state index contributed by atoms with van der Waals surface area (Å²) in [5, 5.41) is 3.01. The van der Waals surface area contributed by atoms with E-state index in [1.807, 2.05) is 57.2 Å². The van der Waals surface area contributed by atoms with Gasteiger partial charge in [-0.2, -0.15) is 0 Å². The Morgan fingerprint density at radius 2 is 1.57 bits per heavy atom. The van der Waals surface area contributed by atoms with E-state index in [0.29, 0.717) is 71.3 Å². The van der Waals surface area contributed by atoms with Crippen LogP contribution >= 0.6 is 11.6 Å². The molecule has 276 valence electrons. The number of fused-ring (bicyclic) bond motifs is 3. The maximum absolute atomic E-state index is 14.4. The first kappa shape index (κ1) is 35.6. The molecule has 0 saturated carbocycles. The van der Waals surface area contributed by atoms with Gasteiger partial charge in [0.05, 0.1) is 4.90 Å². The second kappa shape index (κ2) is 13.7. The highest BCUT2D eigenvalue weighted by molar-refractivity contribution is 7.90. The topological polar surface area (TPSA) is 124 Å². The standard InChI is InChI=1S/C41H38ClN5O6S/c1-41(2,3)53-40(49)46-17-15-45(16-18-46)39(48)36-21-28-19-29(42)22-34(37(28)52-36)33-13-14-43-38-35(33)24-31(47(38)54(50,51)32-11-5-4-6-12-32)23-30-20-26-9-7-8-10-27(26)25-44-30/h4-14,19-20,22,24-25,36H,15-18,21,23H2,1-3H3. The highest BCUT2D eigenvalue weighted by atomic mass is 35.5. The molecular weight excluding hydrogens is 726 g/mol. The van der Waals surface area contributed by atoms with Gasteiger partial charge < -0.3 is 19.3 Å². The third-order valence-electron chi connectivity index (χ3n) is 9.67. The van der Waals surface area contributed by atoms with Gasteiger partial charge in [-0.15, -0.1) is 0 Å². The maximum atomic E-state index is 14.4. The second-order valence-electron chi connectivity index (χ2n) is 14.6. The number of rotatable bonds is 6. The number of hydrogen-bond acceptors (Lipinski definition) is 8. The van der Waals surface area contributed by atoms with E-state index in [9.17, 15) is 18.0 Å². The third-order valence-corrected chi connectivity index (χ3v) is 11.6. The van der Waals surface area contributed by atoms with Crippen LogP contribution in [0.2, 0.25) is 5.02 Å². The Balaban J connectivity index is 1.15.